The third-order valence-corrected chi connectivity index (χ3v) is 15.4. The number of carbonyl (C=O) groups excluding carboxylic acids is 1. The van der Waals surface area contributed by atoms with Gasteiger partial charge in [0.15, 0.2) is 0 Å². The van der Waals surface area contributed by atoms with E-state index < -0.39 is 39.1 Å². The van der Waals surface area contributed by atoms with Crippen LogP contribution in [-0.2, 0) is 32.0 Å². The van der Waals surface area contributed by atoms with Crippen LogP contribution in [0.1, 0.15) is 77.1 Å². The number of piperidine rings is 1. The van der Waals surface area contributed by atoms with E-state index in [2.05, 4.69) is 28.4 Å². The molecule has 5 nitrogen and oxygen atoms in total. The first-order valence-electron chi connectivity index (χ1n) is 14.5. The molecule has 0 aromatic heterocycles. The van der Waals surface area contributed by atoms with E-state index in [1.54, 1.807) is 24.3 Å². The molecule has 3 aromatic carbocycles. The SMILES string of the molecule is O=C(CC([As]S(=O)(=O)c1cccc(C(F)(F)F)c1)c1ccc(Cl)cc1)NC1CCCc2cc(CN3CCCCC3)ccc21. The van der Waals surface area contributed by atoms with Crippen molar-refractivity contribution in [2.75, 3.05) is 13.1 Å². The Bertz CT molecular complexity index is 1540. The topological polar surface area (TPSA) is 66.5 Å². The van der Waals surface area contributed by atoms with Gasteiger partial charge in [0.2, 0.25) is 0 Å². The Hall–Kier alpha value is -2.32. The molecule has 1 heterocycles. The van der Waals surface area contributed by atoms with Crippen LogP contribution >= 0.6 is 11.6 Å². The number of nitrogens with one attached hydrogen (secondary N) is 1. The second kappa shape index (κ2) is 13.8. The normalized spacial score (nSPS) is 18.8. The van der Waals surface area contributed by atoms with Crippen molar-refractivity contribution in [2.45, 2.75) is 73.3 Å². The average Bonchev–Trinajstić information content (AvgIpc) is 2.97. The van der Waals surface area contributed by atoms with Crippen LogP contribution in [-0.4, -0.2) is 46.9 Å². The number of rotatable bonds is 9. The molecular formula is C32H34AsClF3N2O3S. The van der Waals surface area contributed by atoms with Gasteiger partial charge in [-0.15, -0.1) is 0 Å². The van der Waals surface area contributed by atoms with Crippen LogP contribution in [0.15, 0.2) is 71.6 Å². The van der Waals surface area contributed by atoms with E-state index in [-0.39, 0.29) is 23.3 Å². The van der Waals surface area contributed by atoms with Crippen LogP contribution < -0.4 is 5.32 Å². The summed E-state index contributed by atoms with van der Waals surface area (Å²) >= 11 is 4.41. The van der Waals surface area contributed by atoms with Gasteiger partial charge in [-0.3, -0.25) is 0 Å². The van der Waals surface area contributed by atoms with Crippen molar-refractivity contribution in [3.05, 3.63) is 99.6 Å². The van der Waals surface area contributed by atoms with Crippen molar-refractivity contribution in [1.82, 2.24) is 10.2 Å². The van der Waals surface area contributed by atoms with Crippen molar-refractivity contribution >= 4 is 40.2 Å². The van der Waals surface area contributed by atoms with Crippen molar-refractivity contribution in [1.29, 1.82) is 0 Å². The molecule has 1 aliphatic carbocycles. The van der Waals surface area contributed by atoms with Gasteiger partial charge in [0.05, 0.1) is 0 Å². The number of benzene rings is 3. The Kier molecular flexibility index (Phi) is 10.3. The Morgan fingerprint density at radius 2 is 1.74 bits per heavy atom. The van der Waals surface area contributed by atoms with Crippen molar-refractivity contribution in [2.24, 2.45) is 0 Å². The van der Waals surface area contributed by atoms with Crippen LogP contribution in [0.5, 0.6) is 0 Å². The molecular weight excluding hydrogens is 660 g/mol. The Morgan fingerprint density at radius 3 is 2.47 bits per heavy atom. The molecule has 2 unspecified atom stereocenters. The molecule has 1 radical (unpaired) electrons. The fraction of sp³-hybridized carbons (Fsp3) is 0.406. The summed E-state index contributed by atoms with van der Waals surface area (Å²) in [4.78, 5) is 15.5. The van der Waals surface area contributed by atoms with Crippen molar-refractivity contribution in [3.8, 4) is 0 Å². The second-order valence-electron chi connectivity index (χ2n) is 11.3. The molecule has 2 aliphatic rings. The van der Waals surface area contributed by atoms with E-state index >= 15 is 0 Å². The van der Waals surface area contributed by atoms with Gasteiger partial charge in [-0.2, -0.15) is 0 Å². The molecule has 5 rings (SSSR count). The first kappa shape index (κ1) is 32.1. The number of aryl methyl sites for hydroxylation is 1. The number of halogens is 4. The number of amides is 1. The van der Waals surface area contributed by atoms with Gasteiger partial charge in [-0.05, 0) is 12.8 Å². The molecule has 1 N–H and O–H groups in total. The molecule has 0 bridgehead atoms. The summed E-state index contributed by atoms with van der Waals surface area (Å²) in [5, 5.41) is 3.60. The summed E-state index contributed by atoms with van der Waals surface area (Å²) in [6, 6.07) is 16.7. The summed E-state index contributed by atoms with van der Waals surface area (Å²) in [5.41, 5.74) is 3.19. The minimum atomic E-state index is -4.66. The number of hydrogen-bond donors (Lipinski definition) is 1. The number of hydrogen-bond acceptors (Lipinski definition) is 4. The predicted molar refractivity (Wildman–Crippen MR) is 163 cm³/mol. The number of likely N-dealkylation sites (tertiary alicyclic amines) is 1. The zero-order valence-corrected chi connectivity index (χ0v) is 27.1. The van der Waals surface area contributed by atoms with E-state index in [0.29, 0.717) is 16.7 Å². The van der Waals surface area contributed by atoms with Gasteiger partial charge in [0.25, 0.3) is 0 Å². The summed E-state index contributed by atoms with van der Waals surface area (Å²) in [5.74, 6) is -0.287. The van der Waals surface area contributed by atoms with Crippen molar-refractivity contribution < 1.29 is 26.4 Å². The molecule has 1 amide bonds. The average molecular weight is 694 g/mol. The summed E-state index contributed by atoms with van der Waals surface area (Å²) in [7, 11) is -4.07. The molecule has 43 heavy (non-hydrogen) atoms. The predicted octanol–water partition coefficient (Wildman–Crippen LogP) is 7.06. The monoisotopic (exact) mass is 693 g/mol. The van der Waals surface area contributed by atoms with Gasteiger partial charge in [-0.25, -0.2) is 0 Å². The van der Waals surface area contributed by atoms with E-state index in [0.717, 1.165) is 56.6 Å². The summed E-state index contributed by atoms with van der Waals surface area (Å²) < 4.78 is 66.0. The molecule has 11 heteroatoms. The van der Waals surface area contributed by atoms with Crippen LogP contribution in [0.25, 0.3) is 0 Å². The zero-order valence-electron chi connectivity index (χ0n) is 23.6. The van der Waals surface area contributed by atoms with E-state index in [4.69, 9.17) is 11.6 Å². The molecule has 0 saturated carbocycles. The maximum atomic E-state index is 13.4. The molecule has 2 atom stereocenters. The van der Waals surface area contributed by atoms with Crippen LogP contribution in [0.2, 0.25) is 5.02 Å². The quantitative estimate of drug-likeness (QED) is 0.244. The molecule has 1 aliphatic heterocycles. The Balaban J connectivity index is 1.32. The van der Waals surface area contributed by atoms with E-state index in [9.17, 15) is 26.4 Å². The van der Waals surface area contributed by atoms with Gasteiger partial charge < -0.3 is 0 Å². The van der Waals surface area contributed by atoms with E-state index in [1.807, 2.05) is 0 Å². The molecule has 0 spiro atoms. The second-order valence-corrected chi connectivity index (χ2v) is 19.0. The maximum absolute atomic E-state index is 13.4. The number of alkyl halides is 3. The molecule has 1 saturated heterocycles. The van der Waals surface area contributed by atoms with Gasteiger partial charge >= 0.3 is 244 Å². The summed E-state index contributed by atoms with van der Waals surface area (Å²) in [6.07, 6.45) is 1.66. The van der Waals surface area contributed by atoms with E-state index in [1.165, 1.54) is 36.5 Å². The number of nitrogens with zero attached hydrogens (tertiary/aromatic N) is 1. The van der Waals surface area contributed by atoms with Crippen LogP contribution in [0.3, 0.4) is 0 Å². The fourth-order valence-corrected chi connectivity index (χ4v) is 12.7. The molecule has 3 aromatic rings. The molecule has 1 fully saturated rings. The van der Waals surface area contributed by atoms with Gasteiger partial charge in [-0.1, -0.05) is 6.42 Å². The van der Waals surface area contributed by atoms with Gasteiger partial charge in [0, 0.05) is 0 Å². The Labute approximate surface area is 261 Å². The third-order valence-electron chi connectivity index (χ3n) is 8.07. The first-order chi connectivity index (χ1) is 20.5. The molecule has 229 valence electrons. The summed E-state index contributed by atoms with van der Waals surface area (Å²) in [6.45, 7) is 3.17. The zero-order chi connectivity index (χ0) is 30.6. The Morgan fingerprint density at radius 1 is 1.00 bits per heavy atom. The number of carbonyl (C=O) groups is 1. The standard InChI is InChI=1S/C32H34AsClF3N2O3S/c34-26-13-11-23(12-14-26)29(33-43(41,42)27-8-5-7-25(19-27)32(35,36)37)20-31(40)38-30-9-4-6-24-18-22(10-15-28(24)30)21-39-16-2-1-3-17-39/h5,7-8,10-15,18-19,29-30H,1-4,6,9,16-17,20-21H2,(H,38,40). The fourth-order valence-electron chi connectivity index (χ4n) is 5.88. The van der Waals surface area contributed by atoms with Gasteiger partial charge in [0.1, 0.15) is 0 Å². The third kappa shape index (κ3) is 8.44. The van der Waals surface area contributed by atoms with Crippen LogP contribution in [0, 0.1) is 0 Å². The van der Waals surface area contributed by atoms with Crippen molar-refractivity contribution in [3.63, 3.8) is 0 Å². The number of fused-ring (bicyclic) bond motifs is 1. The minimum absolute atomic E-state index is 0.0985. The van der Waals surface area contributed by atoms with Crippen LogP contribution in [0.4, 0.5) is 13.2 Å². The first-order valence-corrected chi connectivity index (χ1v) is 19.7.